The summed E-state index contributed by atoms with van der Waals surface area (Å²) >= 11 is 0. The van der Waals surface area contributed by atoms with E-state index in [-0.39, 0.29) is 0 Å². The molecule has 1 rings (SSSR count). The van der Waals surface area contributed by atoms with Gasteiger partial charge in [0.05, 0.1) is 0 Å². The number of carboxylic acids is 1. The Balaban J connectivity index is 2.89. The minimum Gasteiger partial charge on any atom is -0.481 e. The molecule has 0 bridgehead atoms. The quantitative estimate of drug-likeness (QED) is 0.724. The molecule has 108 valence electrons. The summed E-state index contributed by atoms with van der Waals surface area (Å²) in [6.45, 7) is 5.05. The van der Waals surface area contributed by atoms with E-state index in [0.717, 1.165) is 0 Å². The maximum Gasteiger partial charge on any atom is 0.316 e. The van der Waals surface area contributed by atoms with Crippen LogP contribution in [0, 0.1) is 11.3 Å². The van der Waals surface area contributed by atoms with Crippen molar-refractivity contribution in [2.45, 2.75) is 20.8 Å². The summed E-state index contributed by atoms with van der Waals surface area (Å²) in [6.07, 6.45) is 0. The molecule has 2 amide bonds. The Labute approximate surface area is 117 Å². The zero-order valence-corrected chi connectivity index (χ0v) is 11.6. The van der Waals surface area contributed by atoms with Gasteiger partial charge in [0.2, 0.25) is 11.8 Å². The van der Waals surface area contributed by atoms with Gasteiger partial charge in [0.15, 0.2) is 0 Å². The van der Waals surface area contributed by atoms with Crippen LogP contribution in [0.25, 0.3) is 0 Å². The molecule has 0 aromatic heterocycles. The standard InChI is InChI=1S/C14H18N2O4/c1-14(2,3)10(13(19)20)12(18)16-9-6-4-8(5-7-9)11(15)17/h4-7,10H,1-3H3,(H2,15,17)(H,16,18)(H,19,20). The predicted molar refractivity (Wildman–Crippen MR) is 74.2 cm³/mol. The molecule has 0 radical (unpaired) electrons. The average molecular weight is 278 g/mol. The van der Waals surface area contributed by atoms with E-state index in [1.54, 1.807) is 20.8 Å². The molecule has 1 aromatic carbocycles. The highest BCUT2D eigenvalue weighted by Gasteiger charge is 2.37. The topological polar surface area (TPSA) is 109 Å². The van der Waals surface area contributed by atoms with Crippen LogP contribution in [-0.4, -0.2) is 22.9 Å². The number of carboxylic acid groups (broad SMARTS) is 1. The van der Waals surface area contributed by atoms with Gasteiger partial charge in [0.25, 0.3) is 0 Å². The Bertz CT molecular complexity index is 529. The molecule has 0 heterocycles. The normalized spacial score (nSPS) is 12.6. The maximum absolute atomic E-state index is 12.0. The average Bonchev–Trinajstić information content (AvgIpc) is 2.26. The lowest BCUT2D eigenvalue weighted by Gasteiger charge is -2.25. The van der Waals surface area contributed by atoms with Gasteiger partial charge in [0.1, 0.15) is 5.92 Å². The first-order valence-electron chi connectivity index (χ1n) is 6.06. The number of aliphatic carboxylic acids is 1. The second-order valence-corrected chi connectivity index (χ2v) is 5.57. The van der Waals surface area contributed by atoms with Crippen LogP contribution in [0.4, 0.5) is 5.69 Å². The number of primary amides is 1. The van der Waals surface area contributed by atoms with Crippen molar-refractivity contribution >= 4 is 23.5 Å². The van der Waals surface area contributed by atoms with Gasteiger partial charge in [0, 0.05) is 11.3 Å². The molecular formula is C14H18N2O4. The van der Waals surface area contributed by atoms with E-state index >= 15 is 0 Å². The number of nitrogens with one attached hydrogen (secondary N) is 1. The Morgan fingerprint density at radius 3 is 2.00 bits per heavy atom. The molecule has 1 atom stereocenters. The fourth-order valence-corrected chi connectivity index (χ4v) is 1.81. The Morgan fingerprint density at radius 2 is 1.65 bits per heavy atom. The Morgan fingerprint density at radius 1 is 1.15 bits per heavy atom. The van der Waals surface area contributed by atoms with Crippen molar-refractivity contribution in [1.82, 2.24) is 0 Å². The molecule has 4 N–H and O–H groups in total. The lowest BCUT2D eigenvalue weighted by molar-refractivity contribution is -0.149. The lowest BCUT2D eigenvalue weighted by atomic mass is 9.80. The summed E-state index contributed by atoms with van der Waals surface area (Å²) in [5.74, 6) is -3.51. The third-order valence-corrected chi connectivity index (χ3v) is 2.81. The van der Waals surface area contributed by atoms with E-state index in [2.05, 4.69) is 5.32 Å². The number of nitrogens with two attached hydrogens (primary N) is 1. The molecule has 6 nitrogen and oxygen atoms in total. The summed E-state index contributed by atoms with van der Waals surface area (Å²) in [6, 6.07) is 5.93. The molecule has 1 aromatic rings. The molecule has 0 aliphatic carbocycles. The molecule has 1 unspecified atom stereocenters. The van der Waals surface area contributed by atoms with Crippen LogP contribution in [0.15, 0.2) is 24.3 Å². The SMILES string of the molecule is CC(C)(C)C(C(=O)O)C(=O)Nc1ccc(C(N)=O)cc1. The number of rotatable bonds is 4. The number of carbonyl (C=O) groups excluding carboxylic acids is 2. The van der Waals surface area contributed by atoms with Gasteiger partial charge < -0.3 is 16.2 Å². The molecular weight excluding hydrogens is 260 g/mol. The van der Waals surface area contributed by atoms with Gasteiger partial charge >= 0.3 is 5.97 Å². The summed E-state index contributed by atoms with van der Waals surface area (Å²) in [5.41, 5.74) is 5.13. The van der Waals surface area contributed by atoms with Crippen molar-refractivity contribution in [1.29, 1.82) is 0 Å². The number of amides is 2. The third kappa shape index (κ3) is 3.81. The minimum absolute atomic E-state index is 0.314. The lowest BCUT2D eigenvalue weighted by Crippen LogP contribution is -2.39. The van der Waals surface area contributed by atoms with Crippen LogP contribution in [-0.2, 0) is 9.59 Å². The van der Waals surface area contributed by atoms with E-state index in [4.69, 9.17) is 10.8 Å². The molecule has 0 saturated carbocycles. The summed E-state index contributed by atoms with van der Waals surface area (Å²) in [5, 5.41) is 11.7. The van der Waals surface area contributed by atoms with Crippen molar-refractivity contribution in [3.05, 3.63) is 29.8 Å². The second-order valence-electron chi connectivity index (χ2n) is 5.57. The largest absolute Gasteiger partial charge is 0.481 e. The van der Waals surface area contributed by atoms with Crippen LogP contribution in [0.5, 0.6) is 0 Å². The molecule has 0 aliphatic heterocycles. The molecule has 6 heteroatoms. The van der Waals surface area contributed by atoms with Crippen molar-refractivity contribution in [3.63, 3.8) is 0 Å². The number of carbonyl (C=O) groups is 3. The summed E-state index contributed by atoms with van der Waals surface area (Å²) in [7, 11) is 0. The van der Waals surface area contributed by atoms with Gasteiger partial charge in [-0.1, -0.05) is 20.8 Å². The minimum atomic E-state index is -1.18. The van der Waals surface area contributed by atoms with Crippen molar-refractivity contribution in [2.75, 3.05) is 5.32 Å². The van der Waals surface area contributed by atoms with Gasteiger partial charge in [-0.3, -0.25) is 14.4 Å². The van der Waals surface area contributed by atoms with Crippen LogP contribution >= 0.6 is 0 Å². The fourth-order valence-electron chi connectivity index (χ4n) is 1.81. The van der Waals surface area contributed by atoms with Gasteiger partial charge in [-0.2, -0.15) is 0 Å². The van der Waals surface area contributed by atoms with E-state index < -0.39 is 29.1 Å². The van der Waals surface area contributed by atoms with Crippen LogP contribution in [0.3, 0.4) is 0 Å². The highest BCUT2D eigenvalue weighted by atomic mass is 16.4. The number of benzene rings is 1. The molecule has 0 fully saturated rings. The Kier molecular flexibility index (Phi) is 4.49. The monoisotopic (exact) mass is 278 g/mol. The zero-order chi connectivity index (χ0) is 15.5. The van der Waals surface area contributed by atoms with E-state index in [9.17, 15) is 14.4 Å². The molecule has 0 spiro atoms. The van der Waals surface area contributed by atoms with Gasteiger partial charge in [-0.15, -0.1) is 0 Å². The van der Waals surface area contributed by atoms with E-state index in [0.29, 0.717) is 11.3 Å². The third-order valence-electron chi connectivity index (χ3n) is 2.81. The first kappa shape index (κ1) is 15.7. The van der Waals surface area contributed by atoms with Crippen LogP contribution in [0.2, 0.25) is 0 Å². The Hall–Kier alpha value is -2.37. The van der Waals surface area contributed by atoms with Crippen LogP contribution < -0.4 is 11.1 Å². The van der Waals surface area contributed by atoms with E-state index in [1.807, 2.05) is 0 Å². The van der Waals surface area contributed by atoms with Gasteiger partial charge in [-0.05, 0) is 29.7 Å². The highest BCUT2D eigenvalue weighted by Crippen LogP contribution is 2.27. The number of hydrogen-bond acceptors (Lipinski definition) is 3. The molecule has 20 heavy (non-hydrogen) atoms. The van der Waals surface area contributed by atoms with Crippen molar-refractivity contribution < 1.29 is 19.5 Å². The van der Waals surface area contributed by atoms with E-state index in [1.165, 1.54) is 24.3 Å². The fraction of sp³-hybridized carbons (Fsp3) is 0.357. The van der Waals surface area contributed by atoms with Crippen LogP contribution in [0.1, 0.15) is 31.1 Å². The van der Waals surface area contributed by atoms with Crippen molar-refractivity contribution in [3.8, 4) is 0 Å². The molecule has 0 saturated heterocycles. The maximum atomic E-state index is 12.0. The second kappa shape index (κ2) is 5.73. The summed E-state index contributed by atoms with van der Waals surface area (Å²) in [4.78, 5) is 34.2. The van der Waals surface area contributed by atoms with Crippen molar-refractivity contribution in [2.24, 2.45) is 17.1 Å². The number of anilines is 1. The number of hydrogen-bond donors (Lipinski definition) is 3. The first-order valence-corrected chi connectivity index (χ1v) is 6.06. The molecule has 0 aliphatic rings. The zero-order valence-electron chi connectivity index (χ0n) is 11.6. The predicted octanol–water partition coefficient (Wildman–Crippen LogP) is 1.47. The van der Waals surface area contributed by atoms with Gasteiger partial charge in [-0.25, -0.2) is 0 Å². The highest BCUT2D eigenvalue weighted by molar-refractivity contribution is 6.05. The summed E-state index contributed by atoms with van der Waals surface area (Å²) < 4.78 is 0. The smallest absolute Gasteiger partial charge is 0.316 e. The first-order chi connectivity index (χ1) is 9.12.